The van der Waals surface area contributed by atoms with E-state index in [9.17, 15) is 0 Å². The van der Waals surface area contributed by atoms with Gasteiger partial charge in [-0.25, -0.2) is 0 Å². The van der Waals surface area contributed by atoms with E-state index in [1.807, 2.05) is 18.2 Å². The van der Waals surface area contributed by atoms with Gasteiger partial charge in [0.15, 0.2) is 0 Å². The molecule has 0 heterocycles. The first-order valence-electron chi connectivity index (χ1n) is 6.86. The van der Waals surface area contributed by atoms with Crippen molar-refractivity contribution < 1.29 is 4.74 Å². The molecule has 0 saturated heterocycles. The van der Waals surface area contributed by atoms with Crippen LogP contribution in [0.5, 0.6) is 5.75 Å². The van der Waals surface area contributed by atoms with Crippen LogP contribution in [0.4, 0.5) is 11.4 Å². The van der Waals surface area contributed by atoms with Gasteiger partial charge in [-0.2, -0.15) is 0 Å². The number of para-hydroxylation sites is 3. The second kappa shape index (κ2) is 6.85. The fourth-order valence-corrected chi connectivity index (χ4v) is 2.20. The summed E-state index contributed by atoms with van der Waals surface area (Å²) in [6, 6.07) is 16.4. The van der Waals surface area contributed by atoms with E-state index in [1.165, 1.54) is 11.3 Å². The number of nitrogens with zero attached hydrogens (tertiary/aromatic N) is 1. The fraction of sp³-hybridized carbons (Fsp3) is 0.294. The molecule has 0 unspecified atom stereocenters. The molecule has 0 saturated carbocycles. The Morgan fingerprint density at radius 1 is 1.05 bits per heavy atom. The molecule has 0 aliphatic carbocycles. The third kappa shape index (κ3) is 3.44. The van der Waals surface area contributed by atoms with Crippen LogP contribution in [0.1, 0.15) is 5.56 Å². The molecule has 2 rings (SSSR count). The Balaban J connectivity index is 1.92. The molecule has 0 bridgehead atoms. The molecule has 20 heavy (non-hydrogen) atoms. The van der Waals surface area contributed by atoms with Crippen LogP contribution < -0.4 is 15.0 Å². The zero-order chi connectivity index (χ0) is 14.4. The van der Waals surface area contributed by atoms with Crippen LogP contribution in [0.2, 0.25) is 0 Å². The number of aryl methyl sites for hydroxylation is 1. The summed E-state index contributed by atoms with van der Waals surface area (Å²) in [5.41, 5.74) is 3.58. The van der Waals surface area contributed by atoms with Crippen LogP contribution >= 0.6 is 0 Å². The molecule has 0 aliphatic rings. The Kier molecular flexibility index (Phi) is 4.88. The van der Waals surface area contributed by atoms with Gasteiger partial charge in [0, 0.05) is 25.8 Å². The third-order valence-electron chi connectivity index (χ3n) is 3.40. The Morgan fingerprint density at radius 3 is 2.50 bits per heavy atom. The molecule has 0 radical (unpaired) electrons. The lowest BCUT2D eigenvalue weighted by atomic mass is 10.2. The van der Waals surface area contributed by atoms with Crippen molar-refractivity contribution in [2.24, 2.45) is 0 Å². The largest absolute Gasteiger partial charge is 0.495 e. The number of benzene rings is 2. The zero-order valence-corrected chi connectivity index (χ0v) is 12.4. The first kappa shape index (κ1) is 14.3. The second-order valence-electron chi connectivity index (χ2n) is 4.84. The number of nitrogens with one attached hydrogen (secondary N) is 1. The summed E-state index contributed by atoms with van der Waals surface area (Å²) in [6.07, 6.45) is 0. The summed E-state index contributed by atoms with van der Waals surface area (Å²) < 4.78 is 5.39. The molecule has 0 amide bonds. The van der Waals surface area contributed by atoms with Crippen molar-refractivity contribution in [3.8, 4) is 5.75 Å². The van der Waals surface area contributed by atoms with Crippen molar-refractivity contribution in [1.82, 2.24) is 0 Å². The molecular formula is C17H22N2O. The Labute approximate surface area is 121 Å². The Bertz CT molecular complexity index is 554. The van der Waals surface area contributed by atoms with Gasteiger partial charge in [-0.15, -0.1) is 0 Å². The average Bonchev–Trinajstić information content (AvgIpc) is 2.49. The first-order valence-corrected chi connectivity index (χ1v) is 6.86. The van der Waals surface area contributed by atoms with Crippen LogP contribution in [-0.2, 0) is 0 Å². The molecule has 3 nitrogen and oxygen atoms in total. The predicted molar refractivity (Wildman–Crippen MR) is 85.9 cm³/mol. The summed E-state index contributed by atoms with van der Waals surface area (Å²) in [4.78, 5) is 2.20. The van der Waals surface area contributed by atoms with Gasteiger partial charge >= 0.3 is 0 Å². The average molecular weight is 270 g/mol. The first-order chi connectivity index (χ1) is 9.72. The number of methoxy groups -OCH3 is 1. The Hall–Kier alpha value is -2.16. The van der Waals surface area contributed by atoms with Gasteiger partial charge in [-0.1, -0.05) is 30.3 Å². The maximum atomic E-state index is 5.39. The lowest BCUT2D eigenvalue weighted by Crippen LogP contribution is -2.25. The maximum absolute atomic E-state index is 5.39. The SMILES string of the molecule is COc1ccccc1N(C)CCNc1ccccc1C. The van der Waals surface area contributed by atoms with Gasteiger partial charge in [-0.05, 0) is 30.7 Å². The van der Waals surface area contributed by atoms with E-state index in [0.717, 1.165) is 24.5 Å². The van der Waals surface area contributed by atoms with Crippen LogP contribution in [0.15, 0.2) is 48.5 Å². The fourth-order valence-electron chi connectivity index (χ4n) is 2.20. The van der Waals surface area contributed by atoms with Crippen molar-refractivity contribution in [3.05, 3.63) is 54.1 Å². The predicted octanol–water partition coefficient (Wildman–Crippen LogP) is 3.55. The minimum atomic E-state index is 0.888. The van der Waals surface area contributed by atoms with Crippen LogP contribution in [0.3, 0.4) is 0 Å². The van der Waals surface area contributed by atoms with E-state index in [0.29, 0.717) is 0 Å². The van der Waals surface area contributed by atoms with E-state index in [-0.39, 0.29) is 0 Å². The smallest absolute Gasteiger partial charge is 0.142 e. The molecule has 2 aromatic rings. The molecule has 0 fully saturated rings. The monoisotopic (exact) mass is 270 g/mol. The van der Waals surface area contributed by atoms with Crippen molar-refractivity contribution in [2.45, 2.75) is 6.92 Å². The quantitative estimate of drug-likeness (QED) is 0.868. The van der Waals surface area contributed by atoms with Gasteiger partial charge in [0.05, 0.1) is 12.8 Å². The molecule has 3 heteroatoms. The number of hydrogen-bond acceptors (Lipinski definition) is 3. The third-order valence-corrected chi connectivity index (χ3v) is 3.40. The molecule has 0 aromatic heterocycles. The van der Waals surface area contributed by atoms with Crippen molar-refractivity contribution in [1.29, 1.82) is 0 Å². The number of rotatable bonds is 6. The highest BCUT2D eigenvalue weighted by atomic mass is 16.5. The summed E-state index contributed by atoms with van der Waals surface area (Å²) >= 11 is 0. The van der Waals surface area contributed by atoms with Gasteiger partial charge in [0.2, 0.25) is 0 Å². The van der Waals surface area contributed by atoms with Crippen molar-refractivity contribution >= 4 is 11.4 Å². The van der Waals surface area contributed by atoms with Crippen LogP contribution in [-0.4, -0.2) is 27.2 Å². The van der Waals surface area contributed by atoms with Gasteiger partial charge in [-0.3, -0.25) is 0 Å². The highest BCUT2D eigenvalue weighted by molar-refractivity contribution is 5.58. The number of likely N-dealkylation sites (N-methyl/N-ethyl adjacent to an activating group) is 1. The highest BCUT2D eigenvalue weighted by Gasteiger charge is 2.06. The van der Waals surface area contributed by atoms with E-state index in [4.69, 9.17) is 4.74 Å². The van der Waals surface area contributed by atoms with Gasteiger partial charge in [0.25, 0.3) is 0 Å². The van der Waals surface area contributed by atoms with Crippen molar-refractivity contribution in [3.63, 3.8) is 0 Å². The topological polar surface area (TPSA) is 24.5 Å². The van der Waals surface area contributed by atoms with Crippen LogP contribution in [0.25, 0.3) is 0 Å². The summed E-state index contributed by atoms with van der Waals surface area (Å²) in [6.45, 7) is 3.92. The van der Waals surface area contributed by atoms with Crippen molar-refractivity contribution in [2.75, 3.05) is 37.5 Å². The molecule has 0 atom stereocenters. The summed E-state index contributed by atoms with van der Waals surface area (Å²) in [5.74, 6) is 0.908. The minimum Gasteiger partial charge on any atom is -0.495 e. The van der Waals surface area contributed by atoms with Crippen LogP contribution in [0, 0.1) is 6.92 Å². The second-order valence-corrected chi connectivity index (χ2v) is 4.84. The molecule has 0 aliphatic heterocycles. The van der Waals surface area contributed by atoms with Gasteiger partial charge in [0.1, 0.15) is 5.75 Å². The Morgan fingerprint density at radius 2 is 1.75 bits per heavy atom. The minimum absolute atomic E-state index is 0.888. The lowest BCUT2D eigenvalue weighted by molar-refractivity contribution is 0.415. The lowest BCUT2D eigenvalue weighted by Gasteiger charge is -2.22. The molecule has 1 N–H and O–H groups in total. The number of anilines is 2. The molecule has 0 spiro atoms. The van der Waals surface area contributed by atoms with E-state index < -0.39 is 0 Å². The summed E-state index contributed by atoms with van der Waals surface area (Å²) in [5, 5.41) is 3.47. The van der Waals surface area contributed by atoms with E-state index in [2.05, 4.69) is 54.5 Å². The normalized spacial score (nSPS) is 10.2. The molecule has 106 valence electrons. The van der Waals surface area contributed by atoms with E-state index >= 15 is 0 Å². The van der Waals surface area contributed by atoms with E-state index in [1.54, 1.807) is 7.11 Å². The van der Waals surface area contributed by atoms with Gasteiger partial charge < -0.3 is 15.0 Å². The molecular weight excluding hydrogens is 248 g/mol. The zero-order valence-electron chi connectivity index (χ0n) is 12.4. The molecule has 2 aromatic carbocycles. The number of ether oxygens (including phenoxy) is 1. The summed E-state index contributed by atoms with van der Waals surface area (Å²) in [7, 11) is 3.79. The maximum Gasteiger partial charge on any atom is 0.142 e. The number of hydrogen-bond donors (Lipinski definition) is 1. The standard InChI is InChI=1S/C17H22N2O/c1-14-8-4-5-9-15(14)18-12-13-19(2)16-10-6-7-11-17(16)20-3/h4-11,18H,12-13H2,1-3H3. The highest BCUT2D eigenvalue weighted by Crippen LogP contribution is 2.26.